The summed E-state index contributed by atoms with van der Waals surface area (Å²) in [4.78, 5) is 27.3. The van der Waals surface area contributed by atoms with Crippen LogP contribution in [-0.2, 0) is 0 Å². The summed E-state index contributed by atoms with van der Waals surface area (Å²) in [5.41, 5.74) is 1.57. The summed E-state index contributed by atoms with van der Waals surface area (Å²) in [6.45, 7) is 0. The second-order valence-corrected chi connectivity index (χ2v) is 6.59. The Kier molecular flexibility index (Phi) is 5.52. The summed E-state index contributed by atoms with van der Waals surface area (Å²) in [6, 6.07) is 15.8. The average Bonchev–Trinajstić information content (AvgIpc) is 3.12. The number of rotatable bonds is 6. The zero-order valence-electron chi connectivity index (χ0n) is 15.0. The van der Waals surface area contributed by atoms with E-state index in [9.17, 15) is 9.59 Å². The quantitative estimate of drug-likeness (QED) is 0.479. The molecule has 0 spiro atoms. The van der Waals surface area contributed by atoms with E-state index in [2.05, 4.69) is 5.10 Å². The maximum Gasteiger partial charge on any atom is 0.208 e. The van der Waals surface area contributed by atoms with Crippen LogP contribution in [0.4, 0.5) is 0 Å². The maximum absolute atomic E-state index is 12.9. The molecule has 0 unspecified atom stereocenters. The van der Waals surface area contributed by atoms with Crippen LogP contribution in [0.5, 0.6) is 0 Å². The lowest BCUT2D eigenvalue weighted by Crippen LogP contribution is -2.09. The fourth-order valence-corrected chi connectivity index (χ4v) is 2.61. The molecular weight excluding hydrogens is 362 g/mol. The SMILES string of the molecule is CN(C)/C=C/C(=O)c1nn(-c2ccc(Cl)cc2)cc1C(=O)c1ccccc1. The van der Waals surface area contributed by atoms with Crippen LogP contribution in [0.15, 0.2) is 73.1 Å². The predicted molar refractivity (Wildman–Crippen MR) is 106 cm³/mol. The van der Waals surface area contributed by atoms with E-state index in [1.165, 1.54) is 10.8 Å². The van der Waals surface area contributed by atoms with Gasteiger partial charge in [0.15, 0.2) is 5.78 Å². The third kappa shape index (κ3) is 4.33. The van der Waals surface area contributed by atoms with E-state index >= 15 is 0 Å². The number of benzene rings is 2. The summed E-state index contributed by atoms with van der Waals surface area (Å²) in [7, 11) is 3.62. The first kappa shape index (κ1) is 18.6. The second-order valence-electron chi connectivity index (χ2n) is 6.15. The molecule has 0 radical (unpaired) electrons. The second kappa shape index (κ2) is 8.01. The van der Waals surface area contributed by atoms with Gasteiger partial charge >= 0.3 is 0 Å². The number of aromatic nitrogens is 2. The van der Waals surface area contributed by atoms with Crippen molar-refractivity contribution in [2.75, 3.05) is 14.1 Å². The molecule has 1 aromatic heterocycles. The van der Waals surface area contributed by atoms with Crippen molar-refractivity contribution in [3.8, 4) is 5.69 Å². The Bertz CT molecular complexity index is 990. The van der Waals surface area contributed by atoms with Crippen LogP contribution >= 0.6 is 11.6 Å². The van der Waals surface area contributed by atoms with Gasteiger partial charge in [-0.25, -0.2) is 4.68 Å². The van der Waals surface area contributed by atoms with Gasteiger partial charge in [0.25, 0.3) is 0 Å². The first-order valence-corrected chi connectivity index (χ1v) is 8.68. The van der Waals surface area contributed by atoms with Crippen molar-refractivity contribution in [3.63, 3.8) is 0 Å². The smallest absolute Gasteiger partial charge is 0.208 e. The molecule has 3 aromatic rings. The van der Waals surface area contributed by atoms with E-state index in [1.54, 1.807) is 65.8 Å². The van der Waals surface area contributed by atoms with Crippen molar-refractivity contribution >= 4 is 23.2 Å². The minimum Gasteiger partial charge on any atom is -0.383 e. The zero-order valence-corrected chi connectivity index (χ0v) is 15.7. The van der Waals surface area contributed by atoms with E-state index < -0.39 is 0 Å². The van der Waals surface area contributed by atoms with Crippen molar-refractivity contribution < 1.29 is 9.59 Å². The molecule has 136 valence electrons. The third-order valence-electron chi connectivity index (χ3n) is 3.84. The number of carbonyl (C=O) groups excluding carboxylic acids is 2. The molecule has 3 rings (SSSR count). The van der Waals surface area contributed by atoms with E-state index in [0.29, 0.717) is 16.3 Å². The Morgan fingerprint density at radius 3 is 2.33 bits per heavy atom. The van der Waals surface area contributed by atoms with Crippen molar-refractivity contribution in [1.82, 2.24) is 14.7 Å². The number of halogens is 1. The molecule has 0 saturated carbocycles. The molecule has 6 heteroatoms. The molecule has 0 aliphatic rings. The van der Waals surface area contributed by atoms with Crippen LogP contribution < -0.4 is 0 Å². The highest BCUT2D eigenvalue weighted by Crippen LogP contribution is 2.19. The molecule has 1 heterocycles. The van der Waals surface area contributed by atoms with Crippen molar-refractivity contribution in [2.24, 2.45) is 0 Å². The van der Waals surface area contributed by atoms with Gasteiger partial charge < -0.3 is 4.90 Å². The van der Waals surface area contributed by atoms with Gasteiger partial charge in [0.2, 0.25) is 5.78 Å². The molecular formula is C21H18ClN3O2. The number of hydrogen-bond acceptors (Lipinski definition) is 4. The van der Waals surface area contributed by atoms with Gasteiger partial charge in [-0.1, -0.05) is 41.9 Å². The summed E-state index contributed by atoms with van der Waals surface area (Å²) in [5.74, 6) is -0.590. The van der Waals surface area contributed by atoms with Crippen LogP contribution in [0.3, 0.4) is 0 Å². The Labute approximate surface area is 162 Å². The molecule has 0 saturated heterocycles. The van der Waals surface area contributed by atoms with E-state index in [1.807, 2.05) is 20.2 Å². The number of ketones is 2. The third-order valence-corrected chi connectivity index (χ3v) is 4.10. The topological polar surface area (TPSA) is 55.2 Å². The normalized spacial score (nSPS) is 10.9. The first-order chi connectivity index (χ1) is 13.0. The first-order valence-electron chi connectivity index (χ1n) is 8.30. The lowest BCUT2D eigenvalue weighted by molar-refractivity contribution is 0.100. The van der Waals surface area contributed by atoms with Crippen LogP contribution in [0.25, 0.3) is 5.69 Å². The highest BCUT2D eigenvalue weighted by atomic mass is 35.5. The fraction of sp³-hybridized carbons (Fsp3) is 0.0952. The number of nitrogens with zero attached hydrogens (tertiary/aromatic N) is 3. The molecule has 0 N–H and O–H groups in total. The minimum absolute atomic E-state index is 0.108. The van der Waals surface area contributed by atoms with Gasteiger partial charge in [-0.15, -0.1) is 0 Å². The van der Waals surface area contributed by atoms with Crippen molar-refractivity contribution in [3.05, 3.63) is 94.9 Å². The molecule has 0 fully saturated rings. The lowest BCUT2D eigenvalue weighted by atomic mass is 10.0. The van der Waals surface area contributed by atoms with Crippen LogP contribution in [-0.4, -0.2) is 40.3 Å². The van der Waals surface area contributed by atoms with Crippen molar-refractivity contribution in [2.45, 2.75) is 0 Å². The molecule has 0 bridgehead atoms. The van der Waals surface area contributed by atoms with Gasteiger partial charge in [0, 0.05) is 43.2 Å². The lowest BCUT2D eigenvalue weighted by Gasteiger charge is -2.03. The molecule has 5 nitrogen and oxygen atoms in total. The van der Waals surface area contributed by atoms with Gasteiger partial charge in [-0.2, -0.15) is 5.10 Å². The summed E-state index contributed by atoms with van der Waals surface area (Å²) < 4.78 is 1.52. The minimum atomic E-state index is -0.337. The summed E-state index contributed by atoms with van der Waals surface area (Å²) >= 11 is 5.94. The molecule has 0 amide bonds. The highest BCUT2D eigenvalue weighted by molar-refractivity contribution is 6.30. The number of carbonyl (C=O) groups is 2. The van der Waals surface area contributed by atoms with E-state index in [0.717, 1.165) is 0 Å². The van der Waals surface area contributed by atoms with Gasteiger partial charge in [-0.05, 0) is 24.3 Å². The largest absolute Gasteiger partial charge is 0.383 e. The molecule has 27 heavy (non-hydrogen) atoms. The maximum atomic E-state index is 12.9. The van der Waals surface area contributed by atoms with E-state index in [4.69, 9.17) is 11.6 Å². The highest BCUT2D eigenvalue weighted by Gasteiger charge is 2.22. The standard InChI is InChI=1S/C21H18ClN3O2/c1-24(2)13-12-19(26)20-18(21(27)15-6-4-3-5-7-15)14-25(23-20)17-10-8-16(22)9-11-17/h3-14H,1-2H3/b13-12+. The predicted octanol–water partition coefficient (Wildman–Crippen LogP) is 4.01. The zero-order chi connectivity index (χ0) is 19.4. The monoisotopic (exact) mass is 379 g/mol. The van der Waals surface area contributed by atoms with Gasteiger partial charge in [0.05, 0.1) is 11.3 Å². The van der Waals surface area contributed by atoms with Crippen molar-refractivity contribution in [1.29, 1.82) is 0 Å². The summed E-state index contributed by atoms with van der Waals surface area (Å²) in [6.07, 6.45) is 4.60. The van der Waals surface area contributed by atoms with Gasteiger partial charge in [-0.3, -0.25) is 9.59 Å². The average molecular weight is 380 g/mol. The van der Waals surface area contributed by atoms with Crippen LogP contribution in [0, 0.1) is 0 Å². The van der Waals surface area contributed by atoms with E-state index in [-0.39, 0.29) is 22.8 Å². The Balaban J connectivity index is 2.07. The Morgan fingerprint density at radius 2 is 1.70 bits per heavy atom. The molecule has 0 atom stereocenters. The Morgan fingerprint density at radius 1 is 1.04 bits per heavy atom. The Hall–Kier alpha value is -3.18. The molecule has 0 aliphatic heterocycles. The van der Waals surface area contributed by atoms with Crippen LogP contribution in [0.2, 0.25) is 5.02 Å². The van der Waals surface area contributed by atoms with Crippen LogP contribution in [0.1, 0.15) is 26.4 Å². The fourth-order valence-electron chi connectivity index (χ4n) is 2.49. The molecule has 2 aromatic carbocycles. The molecule has 0 aliphatic carbocycles. The number of allylic oxidation sites excluding steroid dienone is 1. The summed E-state index contributed by atoms with van der Waals surface area (Å²) in [5, 5.41) is 4.96. The number of hydrogen-bond donors (Lipinski definition) is 0. The van der Waals surface area contributed by atoms with Gasteiger partial charge in [0.1, 0.15) is 5.69 Å².